The molecular formula is C41H42N4O5S. The number of hydrogen-bond acceptors (Lipinski definition) is 7. The number of nitrogens with one attached hydrogen (secondary N) is 2. The summed E-state index contributed by atoms with van der Waals surface area (Å²) in [4.78, 5) is 61.8. The maximum absolute atomic E-state index is 13.3. The number of aromatic nitrogens is 2. The second-order valence-corrected chi connectivity index (χ2v) is 14.9. The molecule has 3 aromatic carbocycles. The molecule has 51 heavy (non-hydrogen) atoms. The molecule has 0 aliphatic carbocycles. The summed E-state index contributed by atoms with van der Waals surface area (Å²) in [6.07, 6.45) is 3.62. The predicted octanol–water partition coefficient (Wildman–Crippen LogP) is 8.06. The number of aryl methyl sites for hydroxylation is 1. The van der Waals surface area contributed by atoms with E-state index < -0.39 is 23.8 Å². The number of Topliss-reactive ketones (excluding diaryl/α,β-unsaturated/α-hetero) is 1. The number of rotatable bonds is 12. The Morgan fingerprint density at radius 1 is 0.843 bits per heavy atom. The van der Waals surface area contributed by atoms with Crippen molar-refractivity contribution in [2.24, 2.45) is 5.92 Å². The minimum atomic E-state index is -1.15. The summed E-state index contributed by atoms with van der Waals surface area (Å²) in [6.45, 7) is 11.6. The van der Waals surface area contributed by atoms with E-state index in [1.54, 1.807) is 24.5 Å². The second kappa shape index (κ2) is 15.6. The van der Waals surface area contributed by atoms with Crippen molar-refractivity contribution in [2.45, 2.75) is 65.8 Å². The number of amides is 2. The Morgan fingerprint density at radius 2 is 1.53 bits per heavy atom. The molecule has 0 unspecified atom stereocenters. The van der Waals surface area contributed by atoms with Crippen molar-refractivity contribution >= 4 is 40.6 Å². The van der Waals surface area contributed by atoms with Gasteiger partial charge in [0.05, 0.1) is 4.88 Å². The van der Waals surface area contributed by atoms with Gasteiger partial charge in [0, 0.05) is 52.0 Å². The molecule has 0 spiro atoms. The Morgan fingerprint density at radius 3 is 2.18 bits per heavy atom. The molecule has 5 aromatic rings. The number of nitrogens with zero attached hydrogens (tertiary/aromatic N) is 2. The Bertz CT molecular complexity index is 2060. The number of aliphatic carboxylic acids is 1. The first kappa shape index (κ1) is 36.8. The molecule has 10 heteroatoms. The van der Waals surface area contributed by atoms with E-state index in [2.05, 4.69) is 41.4 Å². The zero-order valence-corrected chi connectivity index (χ0v) is 30.4. The summed E-state index contributed by atoms with van der Waals surface area (Å²) in [5.41, 5.74) is 6.44. The number of carboxylic acid groups (broad SMARTS) is 1. The average molecular weight is 703 g/mol. The molecule has 2 aromatic heterocycles. The third-order valence-corrected chi connectivity index (χ3v) is 10.4. The van der Waals surface area contributed by atoms with Crippen molar-refractivity contribution in [3.8, 4) is 22.5 Å². The smallest absolute Gasteiger partial charge is 0.325 e. The molecule has 9 nitrogen and oxygen atoms in total. The average Bonchev–Trinajstić information content (AvgIpc) is 3.62. The van der Waals surface area contributed by atoms with E-state index in [0.29, 0.717) is 16.3 Å². The lowest BCUT2D eigenvalue weighted by Crippen LogP contribution is -2.42. The molecule has 0 saturated heterocycles. The number of benzene rings is 3. The molecule has 0 saturated carbocycles. The number of ketones is 1. The van der Waals surface area contributed by atoms with E-state index in [1.165, 1.54) is 18.3 Å². The summed E-state index contributed by atoms with van der Waals surface area (Å²) in [7, 11) is 0. The number of hydrogen-bond donors (Lipinski definition) is 3. The van der Waals surface area contributed by atoms with Crippen molar-refractivity contribution in [1.82, 2.24) is 15.3 Å². The SMILES string of the molecule is Cc1cccc(NC(=O)c2cccc(-c3cnc(-c4ccc(C[C@H](CC(=O)c5ccc(C(C)(C)C)s5)C(=O)N[C@H](C)C(=O)O)cc4)nc3)c2)c1C. The topological polar surface area (TPSA) is 138 Å². The third kappa shape index (κ3) is 9.20. The van der Waals surface area contributed by atoms with Gasteiger partial charge >= 0.3 is 5.97 Å². The molecule has 0 aliphatic rings. The van der Waals surface area contributed by atoms with Crippen molar-refractivity contribution in [3.05, 3.63) is 123 Å². The number of carbonyl (C=O) groups excluding carboxylic acids is 3. The fraction of sp³-hybridized carbons (Fsp3) is 0.268. The maximum atomic E-state index is 13.3. The number of carbonyl (C=O) groups is 4. The molecule has 0 bridgehead atoms. The van der Waals surface area contributed by atoms with Gasteiger partial charge in [-0.1, -0.05) is 69.3 Å². The quantitative estimate of drug-likeness (QED) is 0.112. The minimum Gasteiger partial charge on any atom is -0.480 e. The molecule has 0 fully saturated rings. The first-order valence-corrected chi connectivity index (χ1v) is 17.6. The fourth-order valence-corrected chi connectivity index (χ4v) is 6.50. The van der Waals surface area contributed by atoms with Gasteiger partial charge in [0.15, 0.2) is 11.6 Å². The summed E-state index contributed by atoms with van der Waals surface area (Å²) < 4.78 is 0. The van der Waals surface area contributed by atoms with E-state index in [9.17, 15) is 24.3 Å². The van der Waals surface area contributed by atoms with Crippen LogP contribution in [0.25, 0.3) is 22.5 Å². The van der Waals surface area contributed by atoms with Crippen LogP contribution in [0.1, 0.15) is 75.7 Å². The van der Waals surface area contributed by atoms with Crippen molar-refractivity contribution in [1.29, 1.82) is 0 Å². The summed E-state index contributed by atoms with van der Waals surface area (Å²) in [5, 5.41) is 14.9. The number of carboxylic acids is 1. The molecule has 2 amide bonds. The van der Waals surface area contributed by atoms with E-state index in [0.717, 1.165) is 43.9 Å². The highest BCUT2D eigenvalue weighted by Gasteiger charge is 2.27. The number of anilines is 1. The zero-order chi connectivity index (χ0) is 36.9. The molecular weight excluding hydrogens is 661 g/mol. The predicted molar refractivity (Wildman–Crippen MR) is 201 cm³/mol. The summed E-state index contributed by atoms with van der Waals surface area (Å²) in [6, 6.07) is 23.2. The lowest BCUT2D eigenvalue weighted by molar-refractivity contribution is -0.141. The van der Waals surface area contributed by atoms with Gasteiger partial charge in [0.25, 0.3) is 5.91 Å². The lowest BCUT2D eigenvalue weighted by atomic mass is 9.92. The Kier molecular flexibility index (Phi) is 11.3. The van der Waals surface area contributed by atoms with Crippen molar-refractivity contribution in [3.63, 3.8) is 0 Å². The van der Waals surface area contributed by atoms with Gasteiger partial charge < -0.3 is 15.7 Å². The van der Waals surface area contributed by atoms with Crippen LogP contribution in [-0.4, -0.2) is 44.7 Å². The highest BCUT2D eigenvalue weighted by atomic mass is 32.1. The van der Waals surface area contributed by atoms with Crippen LogP contribution >= 0.6 is 11.3 Å². The highest BCUT2D eigenvalue weighted by molar-refractivity contribution is 7.14. The van der Waals surface area contributed by atoms with Gasteiger partial charge in [0.1, 0.15) is 6.04 Å². The molecule has 0 aliphatic heterocycles. The second-order valence-electron chi connectivity index (χ2n) is 13.8. The maximum Gasteiger partial charge on any atom is 0.325 e. The van der Waals surface area contributed by atoms with E-state index in [-0.39, 0.29) is 29.9 Å². The molecule has 5 rings (SSSR count). The zero-order valence-electron chi connectivity index (χ0n) is 29.6. The van der Waals surface area contributed by atoms with E-state index in [1.807, 2.05) is 80.6 Å². The molecule has 262 valence electrons. The fourth-order valence-electron chi connectivity index (χ4n) is 5.49. The van der Waals surface area contributed by atoms with Crippen LogP contribution < -0.4 is 10.6 Å². The molecule has 0 radical (unpaired) electrons. The highest BCUT2D eigenvalue weighted by Crippen LogP contribution is 2.31. The third-order valence-electron chi connectivity index (χ3n) is 8.81. The van der Waals surface area contributed by atoms with Crippen molar-refractivity contribution < 1.29 is 24.3 Å². The van der Waals surface area contributed by atoms with Crippen LogP contribution in [0, 0.1) is 19.8 Å². The lowest BCUT2D eigenvalue weighted by Gasteiger charge is -2.18. The van der Waals surface area contributed by atoms with Crippen LogP contribution in [-0.2, 0) is 21.4 Å². The summed E-state index contributed by atoms with van der Waals surface area (Å²) >= 11 is 1.42. The van der Waals surface area contributed by atoms with Gasteiger partial charge in [-0.05, 0) is 85.2 Å². The van der Waals surface area contributed by atoms with Crippen LogP contribution in [0.5, 0.6) is 0 Å². The molecule has 2 heterocycles. The van der Waals surface area contributed by atoms with Crippen LogP contribution in [0.2, 0.25) is 0 Å². The van der Waals surface area contributed by atoms with Gasteiger partial charge in [-0.15, -0.1) is 11.3 Å². The summed E-state index contributed by atoms with van der Waals surface area (Å²) in [5.74, 6) is -2.26. The first-order valence-electron chi connectivity index (χ1n) is 16.8. The van der Waals surface area contributed by atoms with Gasteiger partial charge in [0.2, 0.25) is 5.91 Å². The first-order chi connectivity index (χ1) is 24.2. The largest absolute Gasteiger partial charge is 0.480 e. The Labute approximate surface area is 302 Å². The van der Waals surface area contributed by atoms with Crippen LogP contribution in [0.15, 0.2) is 91.3 Å². The van der Waals surface area contributed by atoms with Crippen molar-refractivity contribution in [2.75, 3.05) is 5.32 Å². The molecule has 2 atom stereocenters. The van der Waals surface area contributed by atoms with E-state index >= 15 is 0 Å². The molecule has 3 N–H and O–H groups in total. The normalized spacial score (nSPS) is 12.5. The van der Waals surface area contributed by atoms with Crippen LogP contribution in [0.3, 0.4) is 0 Å². The number of thiophene rings is 1. The van der Waals surface area contributed by atoms with Gasteiger partial charge in [-0.3, -0.25) is 19.2 Å². The van der Waals surface area contributed by atoms with Gasteiger partial charge in [-0.25, -0.2) is 9.97 Å². The van der Waals surface area contributed by atoms with E-state index in [4.69, 9.17) is 0 Å². The monoisotopic (exact) mass is 702 g/mol. The standard InChI is InChI=1S/C41H42N4O5S/c1-24-9-7-12-33(25(24)2)45-38(47)30-11-8-10-29(20-30)32-22-42-37(43-23-32)28-15-13-27(14-16-28)19-31(39(48)44-26(3)40(49)50)21-34(46)35-17-18-36(51-35)41(4,5)6/h7-18,20,22-23,26,31H,19,21H2,1-6H3,(H,44,48)(H,45,47)(H,49,50)/t26-,31-/m1/s1. The minimum absolute atomic E-state index is 0.0526. The Balaban J connectivity index is 1.28. The Hall–Kier alpha value is -5.48. The van der Waals surface area contributed by atoms with Gasteiger partial charge in [-0.2, -0.15) is 0 Å². The van der Waals surface area contributed by atoms with Crippen LogP contribution in [0.4, 0.5) is 5.69 Å².